The van der Waals surface area contributed by atoms with Gasteiger partial charge in [0.15, 0.2) is 5.13 Å². The molecule has 1 aliphatic carbocycles. The topological polar surface area (TPSA) is 71.5 Å². The Balaban J connectivity index is 1.84. The molecule has 0 spiro atoms. The zero-order valence-corrected chi connectivity index (χ0v) is 12.8. The highest BCUT2D eigenvalue weighted by molar-refractivity contribution is 7.15. The Labute approximate surface area is 130 Å². The molecule has 0 amide bonds. The summed E-state index contributed by atoms with van der Waals surface area (Å²) >= 11 is 7.48. The van der Waals surface area contributed by atoms with Gasteiger partial charge in [-0.15, -0.1) is 11.3 Å². The summed E-state index contributed by atoms with van der Waals surface area (Å²) < 4.78 is 5.17. The lowest BCUT2D eigenvalue weighted by Gasteiger charge is -2.07. The SMILES string of the molecule is COc1cc(Nc2nc3c(s2)CCC3C(=O)O)ccc1Cl. The van der Waals surface area contributed by atoms with Gasteiger partial charge in [0.05, 0.1) is 17.8 Å². The minimum absolute atomic E-state index is 0.480. The van der Waals surface area contributed by atoms with E-state index in [1.165, 1.54) is 11.3 Å². The summed E-state index contributed by atoms with van der Waals surface area (Å²) in [6, 6.07) is 5.35. The predicted molar refractivity (Wildman–Crippen MR) is 82.1 cm³/mol. The van der Waals surface area contributed by atoms with E-state index >= 15 is 0 Å². The number of fused-ring (bicyclic) bond motifs is 1. The van der Waals surface area contributed by atoms with E-state index in [9.17, 15) is 9.90 Å². The van der Waals surface area contributed by atoms with Crippen LogP contribution >= 0.6 is 22.9 Å². The van der Waals surface area contributed by atoms with E-state index in [1.807, 2.05) is 6.07 Å². The number of aromatic nitrogens is 1. The first kappa shape index (κ1) is 14.2. The summed E-state index contributed by atoms with van der Waals surface area (Å²) in [4.78, 5) is 16.6. The van der Waals surface area contributed by atoms with Gasteiger partial charge in [-0.1, -0.05) is 11.6 Å². The van der Waals surface area contributed by atoms with Crippen LogP contribution in [0.3, 0.4) is 0 Å². The van der Waals surface area contributed by atoms with E-state index in [4.69, 9.17) is 16.3 Å². The Morgan fingerprint density at radius 2 is 2.38 bits per heavy atom. The van der Waals surface area contributed by atoms with Gasteiger partial charge in [0, 0.05) is 16.6 Å². The van der Waals surface area contributed by atoms with Crippen LogP contribution in [0.4, 0.5) is 10.8 Å². The summed E-state index contributed by atoms with van der Waals surface area (Å²) in [6.07, 6.45) is 1.41. The maximum Gasteiger partial charge on any atom is 0.312 e. The normalized spacial score (nSPS) is 16.6. The van der Waals surface area contributed by atoms with Crippen LogP contribution in [0.15, 0.2) is 18.2 Å². The average Bonchev–Trinajstić information content (AvgIpc) is 3.00. The highest BCUT2D eigenvalue weighted by Crippen LogP contribution is 2.39. The summed E-state index contributed by atoms with van der Waals surface area (Å²) in [5, 5.41) is 13.6. The number of methoxy groups -OCH3 is 1. The van der Waals surface area contributed by atoms with Crippen molar-refractivity contribution in [1.82, 2.24) is 4.98 Å². The van der Waals surface area contributed by atoms with Crippen LogP contribution in [0, 0.1) is 0 Å². The Hall–Kier alpha value is -1.79. The third kappa shape index (κ3) is 2.69. The first-order valence-corrected chi connectivity index (χ1v) is 7.61. The molecule has 5 nitrogen and oxygen atoms in total. The molecule has 0 saturated carbocycles. The number of aryl methyl sites for hydroxylation is 1. The number of hydrogen-bond donors (Lipinski definition) is 2. The fraction of sp³-hybridized carbons (Fsp3) is 0.286. The molecule has 110 valence electrons. The Bertz CT molecular complexity index is 702. The zero-order valence-electron chi connectivity index (χ0n) is 11.2. The van der Waals surface area contributed by atoms with Crippen LogP contribution in [0.5, 0.6) is 5.75 Å². The van der Waals surface area contributed by atoms with Crippen molar-refractivity contribution in [2.24, 2.45) is 0 Å². The number of thiazole rings is 1. The second-order valence-corrected chi connectivity index (χ2v) is 6.22. The zero-order chi connectivity index (χ0) is 15.0. The van der Waals surface area contributed by atoms with Crippen molar-refractivity contribution in [3.63, 3.8) is 0 Å². The number of rotatable bonds is 4. The van der Waals surface area contributed by atoms with Gasteiger partial charge >= 0.3 is 5.97 Å². The molecule has 0 aliphatic heterocycles. The molecule has 2 aromatic rings. The molecule has 1 heterocycles. The van der Waals surface area contributed by atoms with Crippen LogP contribution in [0.1, 0.15) is 22.9 Å². The summed E-state index contributed by atoms with van der Waals surface area (Å²) in [5.74, 6) is -0.709. The van der Waals surface area contributed by atoms with Gasteiger partial charge in [0.25, 0.3) is 0 Å². The van der Waals surface area contributed by atoms with Gasteiger partial charge in [-0.2, -0.15) is 0 Å². The molecule has 3 rings (SSSR count). The van der Waals surface area contributed by atoms with Gasteiger partial charge in [-0.05, 0) is 25.0 Å². The Kier molecular flexibility index (Phi) is 3.73. The maximum absolute atomic E-state index is 11.2. The molecule has 21 heavy (non-hydrogen) atoms. The number of benzene rings is 1. The van der Waals surface area contributed by atoms with Crippen molar-refractivity contribution in [3.05, 3.63) is 33.8 Å². The highest BCUT2D eigenvalue weighted by atomic mass is 35.5. The number of aliphatic carboxylic acids is 1. The monoisotopic (exact) mass is 324 g/mol. The lowest BCUT2D eigenvalue weighted by atomic mass is 10.1. The second kappa shape index (κ2) is 5.54. The first-order chi connectivity index (χ1) is 10.1. The van der Waals surface area contributed by atoms with E-state index in [0.29, 0.717) is 28.0 Å². The molecule has 0 radical (unpaired) electrons. The molecule has 7 heteroatoms. The van der Waals surface area contributed by atoms with Gasteiger partial charge in [0.1, 0.15) is 11.7 Å². The van der Waals surface area contributed by atoms with Crippen molar-refractivity contribution < 1.29 is 14.6 Å². The number of halogens is 1. The molecule has 2 N–H and O–H groups in total. The van der Waals surface area contributed by atoms with Crippen LogP contribution < -0.4 is 10.1 Å². The number of hydrogen-bond acceptors (Lipinski definition) is 5. The standard InChI is InChI=1S/C14H13ClN2O3S/c1-20-10-6-7(2-4-9(10)15)16-14-17-12-8(13(18)19)3-5-11(12)21-14/h2,4,6,8H,3,5H2,1H3,(H,16,17)(H,18,19). The number of ether oxygens (including phenoxy) is 1. The largest absolute Gasteiger partial charge is 0.495 e. The lowest BCUT2D eigenvalue weighted by Crippen LogP contribution is -2.08. The second-order valence-electron chi connectivity index (χ2n) is 4.73. The van der Waals surface area contributed by atoms with E-state index < -0.39 is 11.9 Å². The van der Waals surface area contributed by atoms with Crippen LogP contribution in [0.25, 0.3) is 0 Å². The molecular formula is C14H13ClN2O3S. The summed E-state index contributed by atoms with van der Waals surface area (Å²) in [7, 11) is 1.56. The van der Waals surface area contributed by atoms with Crippen molar-refractivity contribution in [3.8, 4) is 5.75 Å². The number of anilines is 2. The van der Waals surface area contributed by atoms with Crippen molar-refractivity contribution in [1.29, 1.82) is 0 Å². The number of carboxylic acid groups (broad SMARTS) is 1. The molecule has 1 atom stereocenters. The van der Waals surface area contributed by atoms with E-state index in [0.717, 1.165) is 17.0 Å². The summed E-state index contributed by atoms with van der Waals surface area (Å²) in [5.41, 5.74) is 1.49. The molecule has 1 aromatic heterocycles. The predicted octanol–water partition coefficient (Wildman–Crippen LogP) is 3.66. The minimum atomic E-state index is -0.807. The molecule has 0 saturated heterocycles. The van der Waals surface area contributed by atoms with Crippen molar-refractivity contribution in [2.45, 2.75) is 18.8 Å². The first-order valence-electron chi connectivity index (χ1n) is 6.41. The van der Waals surface area contributed by atoms with E-state index in [1.54, 1.807) is 19.2 Å². The fourth-order valence-corrected chi connectivity index (χ4v) is 3.64. The summed E-state index contributed by atoms with van der Waals surface area (Å²) in [6.45, 7) is 0. The molecule has 0 bridgehead atoms. The number of nitrogens with zero attached hydrogens (tertiary/aromatic N) is 1. The van der Waals surface area contributed by atoms with E-state index in [-0.39, 0.29) is 0 Å². The third-order valence-corrected chi connectivity index (χ3v) is 4.78. The number of carbonyl (C=O) groups is 1. The van der Waals surface area contributed by atoms with Gasteiger partial charge in [0.2, 0.25) is 0 Å². The minimum Gasteiger partial charge on any atom is -0.495 e. The van der Waals surface area contributed by atoms with Gasteiger partial charge in [-0.25, -0.2) is 4.98 Å². The van der Waals surface area contributed by atoms with Crippen LogP contribution in [-0.2, 0) is 11.2 Å². The fourth-order valence-electron chi connectivity index (χ4n) is 2.38. The molecule has 1 unspecified atom stereocenters. The van der Waals surface area contributed by atoms with Gasteiger partial charge in [-0.3, -0.25) is 4.79 Å². The molecular weight excluding hydrogens is 312 g/mol. The number of carboxylic acids is 1. The van der Waals surface area contributed by atoms with Crippen LogP contribution in [0.2, 0.25) is 5.02 Å². The maximum atomic E-state index is 11.2. The quantitative estimate of drug-likeness (QED) is 0.898. The smallest absolute Gasteiger partial charge is 0.312 e. The average molecular weight is 325 g/mol. The molecule has 1 aliphatic rings. The van der Waals surface area contributed by atoms with Crippen molar-refractivity contribution >= 4 is 39.7 Å². The van der Waals surface area contributed by atoms with Gasteiger partial charge < -0.3 is 15.2 Å². The lowest BCUT2D eigenvalue weighted by molar-refractivity contribution is -0.138. The van der Waals surface area contributed by atoms with E-state index in [2.05, 4.69) is 10.3 Å². The molecule has 0 fully saturated rings. The van der Waals surface area contributed by atoms with Crippen molar-refractivity contribution in [2.75, 3.05) is 12.4 Å². The Morgan fingerprint density at radius 3 is 3.10 bits per heavy atom. The number of nitrogens with one attached hydrogen (secondary N) is 1. The van der Waals surface area contributed by atoms with Crippen LogP contribution in [-0.4, -0.2) is 23.2 Å². The third-order valence-electron chi connectivity index (χ3n) is 3.42. The molecule has 1 aromatic carbocycles. The Morgan fingerprint density at radius 1 is 1.57 bits per heavy atom. The highest BCUT2D eigenvalue weighted by Gasteiger charge is 2.32.